The Morgan fingerprint density at radius 2 is 2.05 bits per heavy atom. The molecule has 0 spiro atoms. The lowest BCUT2D eigenvalue weighted by molar-refractivity contribution is -0.179. The third-order valence-corrected chi connectivity index (χ3v) is 3.40. The third kappa shape index (κ3) is 5.15. The van der Waals surface area contributed by atoms with Crippen LogP contribution in [0.3, 0.4) is 0 Å². The Labute approximate surface area is 130 Å². The molecule has 1 fully saturated rings. The summed E-state index contributed by atoms with van der Waals surface area (Å²) in [5, 5.41) is 0.591. The van der Waals surface area contributed by atoms with E-state index in [4.69, 9.17) is 16.3 Å². The number of alkyl halides is 3. The second-order valence-corrected chi connectivity index (χ2v) is 5.30. The number of amides is 1. The SMILES string of the molecule is O=C(COCC(F)(F)F)N1CCOC(c2ccc(Cl)cc2)C1. The number of rotatable bonds is 4. The van der Waals surface area contributed by atoms with Gasteiger partial charge in [-0.3, -0.25) is 4.79 Å². The normalized spacial score (nSPS) is 19.3. The molecule has 1 saturated heterocycles. The minimum atomic E-state index is -4.43. The van der Waals surface area contributed by atoms with Crippen molar-refractivity contribution in [3.63, 3.8) is 0 Å². The molecule has 122 valence electrons. The Balaban J connectivity index is 1.87. The molecule has 1 aromatic rings. The van der Waals surface area contributed by atoms with Gasteiger partial charge < -0.3 is 14.4 Å². The second-order valence-electron chi connectivity index (χ2n) is 4.86. The third-order valence-electron chi connectivity index (χ3n) is 3.15. The number of halogens is 4. The van der Waals surface area contributed by atoms with Crippen LogP contribution >= 0.6 is 11.6 Å². The Morgan fingerprint density at radius 1 is 1.36 bits per heavy atom. The highest BCUT2D eigenvalue weighted by molar-refractivity contribution is 6.30. The predicted octanol–water partition coefficient (Wildman–Crippen LogP) is 2.82. The number of ether oxygens (including phenoxy) is 2. The van der Waals surface area contributed by atoms with Crippen LogP contribution in [0.15, 0.2) is 24.3 Å². The van der Waals surface area contributed by atoms with E-state index in [1.54, 1.807) is 24.3 Å². The summed E-state index contributed by atoms with van der Waals surface area (Å²) in [5.41, 5.74) is 0.859. The van der Waals surface area contributed by atoms with Crippen LogP contribution in [0, 0.1) is 0 Å². The van der Waals surface area contributed by atoms with Crippen LogP contribution < -0.4 is 0 Å². The zero-order valence-corrected chi connectivity index (χ0v) is 12.4. The maximum absolute atomic E-state index is 12.0. The zero-order valence-electron chi connectivity index (χ0n) is 11.6. The lowest BCUT2D eigenvalue weighted by Gasteiger charge is -2.33. The van der Waals surface area contributed by atoms with Crippen molar-refractivity contribution in [3.05, 3.63) is 34.9 Å². The molecule has 0 aliphatic carbocycles. The van der Waals surface area contributed by atoms with Crippen LogP contribution in [-0.2, 0) is 14.3 Å². The monoisotopic (exact) mass is 337 g/mol. The average Bonchev–Trinajstić information content (AvgIpc) is 2.47. The van der Waals surface area contributed by atoms with Crippen LogP contribution in [0.25, 0.3) is 0 Å². The Kier molecular flexibility index (Phi) is 5.66. The molecule has 0 bridgehead atoms. The molecule has 4 nitrogen and oxygen atoms in total. The Hall–Kier alpha value is -1.31. The fourth-order valence-electron chi connectivity index (χ4n) is 2.10. The zero-order chi connectivity index (χ0) is 16.2. The van der Waals surface area contributed by atoms with E-state index in [-0.39, 0.29) is 12.6 Å². The molecule has 0 aromatic heterocycles. The minimum absolute atomic E-state index is 0.274. The van der Waals surface area contributed by atoms with Gasteiger partial charge in [-0.05, 0) is 17.7 Å². The van der Waals surface area contributed by atoms with E-state index in [1.165, 1.54) is 4.90 Å². The number of hydrogen-bond acceptors (Lipinski definition) is 3. The molecule has 22 heavy (non-hydrogen) atoms. The summed E-state index contributed by atoms with van der Waals surface area (Å²) in [6.45, 7) is -1.09. The van der Waals surface area contributed by atoms with Crippen molar-refractivity contribution in [1.82, 2.24) is 4.90 Å². The van der Waals surface area contributed by atoms with E-state index in [1.807, 2.05) is 0 Å². The van der Waals surface area contributed by atoms with Gasteiger partial charge in [0.15, 0.2) is 0 Å². The molecular formula is C14H15ClF3NO3. The first-order valence-electron chi connectivity index (χ1n) is 6.64. The molecule has 2 rings (SSSR count). The van der Waals surface area contributed by atoms with E-state index in [0.717, 1.165) is 5.56 Å². The summed E-state index contributed by atoms with van der Waals surface area (Å²) in [6.07, 6.45) is -4.76. The van der Waals surface area contributed by atoms with Crippen molar-refractivity contribution >= 4 is 17.5 Å². The van der Waals surface area contributed by atoms with E-state index in [9.17, 15) is 18.0 Å². The smallest absolute Gasteiger partial charge is 0.370 e. The van der Waals surface area contributed by atoms with Crippen molar-refractivity contribution in [3.8, 4) is 0 Å². The maximum atomic E-state index is 12.0. The number of morpholine rings is 1. The summed E-state index contributed by atoms with van der Waals surface area (Å²) in [7, 11) is 0. The first-order chi connectivity index (χ1) is 10.3. The molecule has 0 saturated carbocycles. The highest BCUT2D eigenvalue weighted by Gasteiger charge is 2.29. The van der Waals surface area contributed by atoms with Crippen LogP contribution in [-0.4, -0.2) is 49.9 Å². The number of carbonyl (C=O) groups is 1. The second kappa shape index (κ2) is 7.30. The highest BCUT2D eigenvalue weighted by atomic mass is 35.5. The lowest BCUT2D eigenvalue weighted by Crippen LogP contribution is -2.44. The molecule has 1 amide bonds. The molecule has 1 heterocycles. The summed E-state index contributed by atoms with van der Waals surface area (Å²) in [5.74, 6) is -0.480. The minimum Gasteiger partial charge on any atom is -0.370 e. The molecule has 1 aliphatic rings. The fourth-order valence-corrected chi connectivity index (χ4v) is 2.23. The first kappa shape index (κ1) is 17.1. The predicted molar refractivity (Wildman–Crippen MR) is 73.6 cm³/mol. The Bertz CT molecular complexity index is 507. The van der Waals surface area contributed by atoms with Crippen molar-refractivity contribution in [2.75, 3.05) is 32.9 Å². The number of hydrogen-bond donors (Lipinski definition) is 0. The van der Waals surface area contributed by atoms with Gasteiger partial charge in [-0.15, -0.1) is 0 Å². The van der Waals surface area contributed by atoms with Crippen LogP contribution in [0.4, 0.5) is 13.2 Å². The molecule has 1 aliphatic heterocycles. The highest BCUT2D eigenvalue weighted by Crippen LogP contribution is 2.24. The van der Waals surface area contributed by atoms with Gasteiger partial charge in [0.2, 0.25) is 5.91 Å². The van der Waals surface area contributed by atoms with Crippen molar-refractivity contribution in [2.24, 2.45) is 0 Å². The molecule has 1 atom stereocenters. The van der Waals surface area contributed by atoms with Gasteiger partial charge >= 0.3 is 6.18 Å². The summed E-state index contributed by atoms with van der Waals surface area (Å²) >= 11 is 5.81. The van der Waals surface area contributed by atoms with Gasteiger partial charge in [-0.25, -0.2) is 0 Å². The van der Waals surface area contributed by atoms with Gasteiger partial charge in [0.25, 0.3) is 0 Å². The van der Waals surface area contributed by atoms with E-state index < -0.39 is 25.3 Å². The lowest BCUT2D eigenvalue weighted by atomic mass is 10.1. The van der Waals surface area contributed by atoms with Crippen LogP contribution in [0.1, 0.15) is 11.7 Å². The van der Waals surface area contributed by atoms with Gasteiger partial charge in [0.05, 0.1) is 13.2 Å². The molecular weight excluding hydrogens is 323 g/mol. The summed E-state index contributed by atoms with van der Waals surface area (Å²) in [4.78, 5) is 13.3. The average molecular weight is 338 g/mol. The quantitative estimate of drug-likeness (QED) is 0.848. The molecule has 1 unspecified atom stereocenters. The van der Waals surface area contributed by atoms with Crippen molar-refractivity contribution in [2.45, 2.75) is 12.3 Å². The van der Waals surface area contributed by atoms with E-state index in [2.05, 4.69) is 4.74 Å². The van der Waals surface area contributed by atoms with Gasteiger partial charge in [0.1, 0.15) is 19.3 Å². The van der Waals surface area contributed by atoms with E-state index >= 15 is 0 Å². The summed E-state index contributed by atoms with van der Waals surface area (Å²) in [6, 6.07) is 7.02. The van der Waals surface area contributed by atoms with Crippen molar-refractivity contribution in [1.29, 1.82) is 0 Å². The first-order valence-corrected chi connectivity index (χ1v) is 7.02. The van der Waals surface area contributed by atoms with Crippen molar-refractivity contribution < 1.29 is 27.4 Å². The molecule has 0 radical (unpaired) electrons. The number of nitrogens with zero attached hydrogens (tertiary/aromatic N) is 1. The maximum Gasteiger partial charge on any atom is 0.411 e. The van der Waals surface area contributed by atoms with Crippen LogP contribution in [0.5, 0.6) is 0 Å². The summed E-state index contributed by atoms with van der Waals surface area (Å²) < 4.78 is 45.9. The molecule has 8 heteroatoms. The molecule has 0 N–H and O–H groups in total. The fraction of sp³-hybridized carbons (Fsp3) is 0.500. The standard InChI is InChI=1S/C14H15ClF3NO3/c15-11-3-1-10(2-4-11)12-7-19(5-6-22-12)13(20)8-21-9-14(16,17)18/h1-4,12H,5-9H2. The Morgan fingerprint density at radius 3 is 2.68 bits per heavy atom. The van der Waals surface area contributed by atoms with Gasteiger partial charge in [-0.1, -0.05) is 23.7 Å². The number of carbonyl (C=O) groups excluding carboxylic acids is 1. The van der Waals surface area contributed by atoms with E-state index in [0.29, 0.717) is 18.2 Å². The van der Waals surface area contributed by atoms with Crippen LogP contribution in [0.2, 0.25) is 5.02 Å². The molecule has 1 aromatic carbocycles. The van der Waals surface area contributed by atoms with Gasteiger partial charge in [0, 0.05) is 11.6 Å². The largest absolute Gasteiger partial charge is 0.411 e. The number of benzene rings is 1. The van der Waals surface area contributed by atoms with Gasteiger partial charge in [-0.2, -0.15) is 13.2 Å². The topological polar surface area (TPSA) is 38.8 Å².